The molecule has 1 aliphatic rings. The number of piperidine rings is 1. The summed E-state index contributed by atoms with van der Waals surface area (Å²) >= 11 is 5.58. The van der Waals surface area contributed by atoms with Crippen LogP contribution in [-0.2, 0) is 0 Å². The molecule has 9 heteroatoms. The molecule has 0 bridgehead atoms. The SMILES string of the molecule is CN(C(=O)O)c1cc2cc(-c3ccc(C(=S)N4CCC(F)(F)CC4)cc3)cc(-c3ccncc3)c2o1. The fourth-order valence-electron chi connectivity index (χ4n) is 4.34. The number of pyridine rings is 1. The Bertz CT molecular complexity index is 1430. The molecule has 0 saturated carbocycles. The molecule has 1 N–H and O–H groups in total. The highest BCUT2D eigenvalue weighted by Gasteiger charge is 2.34. The number of furan rings is 1. The molecule has 0 aliphatic carbocycles. The summed E-state index contributed by atoms with van der Waals surface area (Å²) in [7, 11) is 1.43. The van der Waals surface area contributed by atoms with Crippen molar-refractivity contribution in [3.8, 4) is 22.3 Å². The third kappa shape index (κ3) is 4.66. The number of fused-ring (bicyclic) bond motifs is 1. The average Bonchev–Trinajstić information content (AvgIpc) is 3.32. The van der Waals surface area contributed by atoms with E-state index in [1.165, 1.54) is 7.05 Å². The van der Waals surface area contributed by atoms with E-state index in [0.29, 0.717) is 10.6 Å². The van der Waals surface area contributed by atoms with Crippen molar-refractivity contribution < 1.29 is 23.1 Å². The predicted octanol–water partition coefficient (Wildman–Crippen LogP) is 6.68. The lowest BCUT2D eigenvalue weighted by atomic mass is 9.96. The number of likely N-dealkylation sites (tertiary alicyclic amines) is 1. The number of hydrogen-bond donors (Lipinski definition) is 1. The third-order valence-electron chi connectivity index (χ3n) is 6.46. The Morgan fingerprint density at radius 2 is 1.69 bits per heavy atom. The van der Waals surface area contributed by atoms with E-state index in [4.69, 9.17) is 16.6 Å². The van der Waals surface area contributed by atoms with Crippen molar-refractivity contribution in [3.05, 3.63) is 72.6 Å². The number of benzene rings is 2. The fourth-order valence-corrected chi connectivity index (χ4v) is 4.66. The maximum Gasteiger partial charge on any atom is 0.413 e. The molecule has 1 amide bonds. The van der Waals surface area contributed by atoms with Gasteiger partial charge in [0, 0.05) is 68.0 Å². The van der Waals surface area contributed by atoms with Crippen LogP contribution >= 0.6 is 12.2 Å². The van der Waals surface area contributed by atoms with Crippen LogP contribution in [-0.4, -0.2) is 52.1 Å². The lowest BCUT2D eigenvalue weighted by molar-refractivity contribution is -0.0430. The molecule has 1 aliphatic heterocycles. The van der Waals surface area contributed by atoms with Gasteiger partial charge in [-0.25, -0.2) is 13.6 Å². The van der Waals surface area contributed by atoms with Crippen LogP contribution in [0.15, 0.2) is 71.4 Å². The van der Waals surface area contributed by atoms with Gasteiger partial charge in [0.2, 0.25) is 5.88 Å². The zero-order chi connectivity index (χ0) is 25.4. The van der Waals surface area contributed by atoms with Crippen molar-refractivity contribution in [2.75, 3.05) is 25.0 Å². The Balaban J connectivity index is 1.50. The highest BCUT2D eigenvalue weighted by atomic mass is 32.1. The minimum absolute atomic E-state index is 0.188. The Hall–Kier alpha value is -3.85. The highest BCUT2D eigenvalue weighted by Crippen LogP contribution is 2.38. The lowest BCUT2D eigenvalue weighted by Crippen LogP contribution is -2.42. The summed E-state index contributed by atoms with van der Waals surface area (Å²) in [5.41, 5.74) is 4.92. The number of rotatable bonds is 4. The van der Waals surface area contributed by atoms with Crippen LogP contribution in [0.4, 0.5) is 19.5 Å². The summed E-state index contributed by atoms with van der Waals surface area (Å²) in [6, 6.07) is 17.1. The normalized spacial score (nSPS) is 15.1. The molecular formula is C27H23F2N3O3S. The van der Waals surface area contributed by atoms with Crippen LogP contribution in [0.3, 0.4) is 0 Å². The summed E-state index contributed by atoms with van der Waals surface area (Å²) in [5, 5.41) is 10.1. The number of carboxylic acid groups (broad SMARTS) is 1. The molecule has 5 rings (SSSR count). The number of alkyl halides is 2. The standard InChI is InChI=1S/C27H23F2N3O3S/c1-31(26(33)34)23-16-21-14-20(15-22(24(21)35-23)18-6-10-30-11-7-18)17-2-4-19(5-3-17)25(36)32-12-8-27(28,29)9-13-32/h2-7,10-11,14-16H,8-9,12-13H2,1H3,(H,33,34). The van der Waals surface area contributed by atoms with Crippen LogP contribution in [0.25, 0.3) is 33.2 Å². The van der Waals surface area contributed by atoms with E-state index >= 15 is 0 Å². The zero-order valence-electron chi connectivity index (χ0n) is 19.4. The molecule has 184 valence electrons. The van der Waals surface area contributed by atoms with Gasteiger partial charge in [0.05, 0.1) is 0 Å². The number of hydrogen-bond acceptors (Lipinski definition) is 4. The number of thiocarbonyl (C=S) groups is 1. The maximum atomic E-state index is 13.5. The van der Waals surface area contributed by atoms with Gasteiger partial charge in [-0.15, -0.1) is 0 Å². The zero-order valence-corrected chi connectivity index (χ0v) is 20.3. The Morgan fingerprint density at radius 3 is 2.33 bits per heavy atom. The van der Waals surface area contributed by atoms with Gasteiger partial charge in [-0.2, -0.15) is 0 Å². The Morgan fingerprint density at radius 1 is 1.03 bits per heavy atom. The summed E-state index contributed by atoms with van der Waals surface area (Å²) in [6.45, 7) is 0.486. The molecule has 6 nitrogen and oxygen atoms in total. The first-order chi connectivity index (χ1) is 17.2. The van der Waals surface area contributed by atoms with Crippen molar-refractivity contribution in [1.29, 1.82) is 0 Å². The summed E-state index contributed by atoms with van der Waals surface area (Å²) in [4.78, 5) is 19.0. The summed E-state index contributed by atoms with van der Waals surface area (Å²) in [5.74, 6) is -2.40. The lowest BCUT2D eigenvalue weighted by Gasteiger charge is -2.33. The third-order valence-corrected chi connectivity index (χ3v) is 6.95. The van der Waals surface area contributed by atoms with E-state index < -0.39 is 12.0 Å². The predicted molar refractivity (Wildman–Crippen MR) is 139 cm³/mol. The molecule has 36 heavy (non-hydrogen) atoms. The first-order valence-electron chi connectivity index (χ1n) is 11.4. The van der Waals surface area contributed by atoms with Crippen molar-refractivity contribution in [1.82, 2.24) is 9.88 Å². The van der Waals surface area contributed by atoms with Crippen molar-refractivity contribution in [3.63, 3.8) is 0 Å². The average molecular weight is 508 g/mol. The van der Waals surface area contributed by atoms with Crippen LogP contribution in [0.1, 0.15) is 18.4 Å². The van der Waals surface area contributed by atoms with E-state index in [1.807, 2.05) is 53.4 Å². The number of carbonyl (C=O) groups is 1. The quantitative estimate of drug-likeness (QED) is 0.311. The fraction of sp³-hybridized carbons (Fsp3) is 0.222. The summed E-state index contributed by atoms with van der Waals surface area (Å²) in [6.07, 6.45) is 1.88. The smallest absolute Gasteiger partial charge is 0.413 e. The molecule has 1 saturated heterocycles. The molecule has 2 aromatic carbocycles. The van der Waals surface area contributed by atoms with Gasteiger partial charge in [-0.3, -0.25) is 9.88 Å². The minimum atomic E-state index is -2.62. The summed E-state index contributed by atoms with van der Waals surface area (Å²) < 4.78 is 33.0. The van der Waals surface area contributed by atoms with E-state index in [0.717, 1.165) is 38.1 Å². The number of amides is 1. The highest BCUT2D eigenvalue weighted by molar-refractivity contribution is 7.80. The second-order valence-electron chi connectivity index (χ2n) is 8.83. The molecule has 0 radical (unpaired) electrons. The minimum Gasteiger partial charge on any atom is -0.465 e. The van der Waals surface area contributed by atoms with Crippen LogP contribution in [0.2, 0.25) is 0 Å². The first kappa shape index (κ1) is 23.9. The second kappa shape index (κ2) is 9.31. The second-order valence-corrected chi connectivity index (χ2v) is 9.22. The van der Waals surface area contributed by atoms with Crippen molar-refractivity contribution >= 4 is 40.2 Å². The largest absolute Gasteiger partial charge is 0.465 e. The van der Waals surface area contributed by atoms with Crippen LogP contribution < -0.4 is 4.90 Å². The Kier molecular flexibility index (Phi) is 6.17. The van der Waals surface area contributed by atoms with E-state index in [9.17, 15) is 18.7 Å². The molecule has 3 heterocycles. The van der Waals surface area contributed by atoms with E-state index in [1.54, 1.807) is 18.5 Å². The molecular weight excluding hydrogens is 484 g/mol. The molecule has 0 spiro atoms. The van der Waals surface area contributed by atoms with E-state index in [-0.39, 0.29) is 31.8 Å². The van der Waals surface area contributed by atoms with Crippen LogP contribution in [0.5, 0.6) is 0 Å². The topological polar surface area (TPSA) is 69.8 Å². The van der Waals surface area contributed by atoms with Gasteiger partial charge in [-0.05, 0) is 41.0 Å². The van der Waals surface area contributed by atoms with E-state index in [2.05, 4.69) is 4.98 Å². The number of aromatic nitrogens is 1. The molecule has 0 unspecified atom stereocenters. The van der Waals surface area contributed by atoms with Gasteiger partial charge in [0.25, 0.3) is 5.92 Å². The maximum absolute atomic E-state index is 13.5. The van der Waals surface area contributed by atoms with Gasteiger partial charge in [-0.1, -0.05) is 36.5 Å². The number of anilines is 1. The monoisotopic (exact) mass is 507 g/mol. The molecule has 2 aromatic heterocycles. The molecule has 0 atom stereocenters. The van der Waals surface area contributed by atoms with Gasteiger partial charge < -0.3 is 14.4 Å². The first-order valence-corrected chi connectivity index (χ1v) is 11.8. The number of halogens is 2. The van der Waals surface area contributed by atoms with Gasteiger partial charge >= 0.3 is 6.09 Å². The Labute approximate surface area is 211 Å². The number of nitrogens with zero attached hydrogens (tertiary/aromatic N) is 3. The van der Waals surface area contributed by atoms with Crippen molar-refractivity contribution in [2.24, 2.45) is 0 Å². The molecule has 1 fully saturated rings. The van der Waals surface area contributed by atoms with Gasteiger partial charge in [0.15, 0.2) is 0 Å². The van der Waals surface area contributed by atoms with Gasteiger partial charge in [0.1, 0.15) is 10.6 Å². The molecule has 4 aromatic rings. The van der Waals surface area contributed by atoms with Crippen LogP contribution in [0, 0.1) is 0 Å². The van der Waals surface area contributed by atoms with Crippen molar-refractivity contribution in [2.45, 2.75) is 18.8 Å².